The van der Waals surface area contributed by atoms with Crippen LogP contribution in [0.3, 0.4) is 0 Å². The second kappa shape index (κ2) is 10.8. The third-order valence-electron chi connectivity index (χ3n) is 2.38. The molecule has 0 rings (SSSR count). The van der Waals surface area contributed by atoms with Gasteiger partial charge in [-0.15, -0.1) is 0 Å². The molecule has 112 valence electrons. The molecule has 0 fully saturated rings. The minimum atomic E-state index is -0.826. The molecule has 0 aromatic rings. The summed E-state index contributed by atoms with van der Waals surface area (Å²) in [7, 11) is 0. The van der Waals surface area contributed by atoms with Crippen LogP contribution >= 0.6 is 0 Å². The zero-order chi connectivity index (χ0) is 15.4. The quantitative estimate of drug-likeness (QED) is 0.257. The van der Waals surface area contributed by atoms with Crippen molar-refractivity contribution in [3.63, 3.8) is 0 Å². The third kappa shape index (κ3) is 9.91. The molecule has 0 bridgehead atoms. The van der Waals surface area contributed by atoms with Gasteiger partial charge >= 0.3 is 5.97 Å². The van der Waals surface area contributed by atoms with Gasteiger partial charge < -0.3 is 20.8 Å². The lowest BCUT2D eigenvalue weighted by Gasteiger charge is -2.06. The maximum Gasteiger partial charge on any atom is 0.303 e. The number of carboxylic acids is 1. The van der Waals surface area contributed by atoms with E-state index < -0.39 is 18.0 Å². The predicted octanol–water partition coefficient (Wildman–Crippen LogP) is 0.125. The van der Waals surface area contributed by atoms with E-state index in [-0.39, 0.29) is 18.5 Å². The van der Waals surface area contributed by atoms with Gasteiger partial charge in [-0.25, -0.2) is 0 Å². The molecule has 1 amide bonds. The van der Waals surface area contributed by atoms with Crippen molar-refractivity contribution in [1.29, 1.82) is 5.26 Å². The molecule has 20 heavy (non-hydrogen) atoms. The average molecular weight is 283 g/mol. The Hall–Kier alpha value is -2.07. The van der Waals surface area contributed by atoms with Crippen molar-refractivity contribution >= 4 is 11.9 Å². The lowest BCUT2D eigenvalue weighted by atomic mass is 10.2. The molecular weight excluding hydrogens is 262 g/mol. The molecule has 0 spiro atoms. The van der Waals surface area contributed by atoms with E-state index in [0.29, 0.717) is 25.8 Å². The Morgan fingerprint density at radius 3 is 2.60 bits per heavy atom. The molecular formula is C13H21N3O4. The summed E-state index contributed by atoms with van der Waals surface area (Å²) in [6, 6.07) is 1.77. The zero-order valence-corrected chi connectivity index (χ0v) is 11.6. The molecule has 0 aliphatic heterocycles. The van der Waals surface area contributed by atoms with Crippen LogP contribution in [0.4, 0.5) is 0 Å². The van der Waals surface area contributed by atoms with E-state index in [1.807, 2.05) is 0 Å². The topological polar surface area (TPSA) is 122 Å². The molecule has 0 aromatic carbocycles. The van der Waals surface area contributed by atoms with Crippen LogP contribution in [-0.4, -0.2) is 41.3 Å². The number of aliphatic hydroxyl groups excluding tert-OH is 1. The molecule has 0 saturated carbocycles. The largest absolute Gasteiger partial charge is 0.481 e. The van der Waals surface area contributed by atoms with Crippen LogP contribution in [-0.2, 0) is 9.59 Å². The zero-order valence-electron chi connectivity index (χ0n) is 11.6. The van der Waals surface area contributed by atoms with Crippen molar-refractivity contribution in [2.24, 2.45) is 0 Å². The summed E-state index contributed by atoms with van der Waals surface area (Å²) >= 11 is 0. The van der Waals surface area contributed by atoms with E-state index >= 15 is 0 Å². The number of carbonyl (C=O) groups excluding carboxylic acids is 1. The van der Waals surface area contributed by atoms with E-state index in [2.05, 4.69) is 10.6 Å². The lowest BCUT2D eigenvalue weighted by molar-refractivity contribution is -0.137. The lowest BCUT2D eigenvalue weighted by Crippen LogP contribution is -2.27. The van der Waals surface area contributed by atoms with Crippen molar-refractivity contribution in [2.45, 2.75) is 38.7 Å². The molecule has 0 aliphatic carbocycles. The fourth-order valence-electron chi connectivity index (χ4n) is 1.36. The number of unbranched alkanes of at least 4 members (excludes halogenated alkanes) is 2. The highest BCUT2D eigenvalue weighted by Gasteiger charge is 2.07. The Labute approximate surface area is 118 Å². The molecule has 1 atom stereocenters. The summed E-state index contributed by atoms with van der Waals surface area (Å²) in [4.78, 5) is 21.9. The van der Waals surface area contributed by atoms with E-state index in [1.54, 1.807) is 13.0 Å². The molecule has 7 heteroatoms. The van der Waals surface area contributed by atoms with Crippen molar-refractivity contribution in [2.75, 3.05) is 13.1 Å². The minimum Gasteiger partial charge on any atom is -0.481 e. The number of nitrogens with one attached hydrogen (secondary N) is 2. The second-order valence-corrected chi connectivity index (χ2v) is 4.39. The summed E-state index contributed by atoms with van der Waals surface area (Å²) in [6.07, 6.45) is 2.77. The number of hydrogen-bond donors (Lipinski definition) is 4. The number of amides is 1. The number of rotatable bonds is 10. The molecule has 0 heterocycles. The normalized spacial score (nSPS) is 12.3. The fraction of sp³-hybridized carbons (Fsp3) is 0.615. The van der Waals surface area contributed by atoms with E-state index in [0.717, 1.165) is 0 Å². The summed E-state index contributed by atoms with van der Waals surface area (Å²) in [5.74, 6) is -1.31. The summed E-state index contributed by atoms with van der Waals surface area (Å²) in [5, 5.41) is 31.5. The van der Waals surface area contributed by atoms with Gasteiger partial charge in [-0.2, -0.15) is 5.26 Å². The van der Waals surface area contributed by atoms with Gasteiger partial charge in [0.25, 0.3) is 5.91 Å². The molecule has 7 nitrogen and oxygen atoms in total. The number of aliphatic carboxylic acids is 1. The first kappa shape index (κ1) is 17.9. The highest BCUT2D eigenvalue weighted by Crippen LogP contribution is 1.99. The SMILES string of the molecule is CC(O)CN/C=C(/C#N)C(=O)NCCCCCC(=O)O. The Morgan fingerprint density at radius 2 is 2.05 bits per heavy atom. The van der Waals surface area contributed by atoms with Crippen LogP contribution in [0.2, 0.25) is 0 Å². The maximum absolute atomic E-state index is 11.6. The van der Waals surface area contributed by atoms with Gasteiger partial charge in [-0.05, 0) is 19.8 Å². The third-order valence-corrected chi connectivity index (χ3v) is 2.38. The number of aliphatic hydroxyl groups is 1. The first-order valence-electron chi connectivity index (χ1n) is 6.49. The van der Waals surface area contributed by atoms with Crippen LogP contribution in [0.1, 0.15) is 32.6 Å². The number of carbonyl (C=O) groups is 2. The summed E-state index contributed by atoms with van der Waals surface area (Å²) in [5.41, 5.74) is -0.0591. The van der Waals surface area contributed by atoms with Gasteiger partial charge in [0.15, 0.2) is 0 Å². The van der Waals surface area contributed by atoms with Gasteiger partial charge in [-0.3, -0.25) is 9.59 Å². The average Bonchev–Trinajstić information content (AvgIpc) is 2.37. The Kier molecular flexibility index (Phi) is 9.70. The smallest absolute Gasteiger partial charge is 0.303 e. The Bertz CT molecular complexity index is 386. The van der Waals surface area contributed by atoms with Crippen LogP contribution in [0.15, 0.2) is 11.8 Å². The summed E-state index contributed by atoms with van der Waals surface area (Å²) < 4.78 is 0. The van der Waals surface area contributed by atoms with Crippen molar-refractivity contribution in [3.05, 3.63) is 11.8 Å². The number of nitrogens with zero attached hydrogens (tertiary/aromatic N) is 1. The van der Waals surface area contributed by atoms with Gasteiger partial charge in [0, 0.05) is 25.7 Å². The highest BCUT2D eigenvalue weighted by atomic mass is 16.4. The molecule has 0 aliphatic rings. The summed E-state index contributed by atoms with van der Waals surface area (Å²) in [6.45, 7) is 2.24. The number of nitriles is 1. The monoisotopic (exact) mass is 283 g/mol. The van der Waals surface area contributed by atoms with Gasteiger partial charge in [0.05, 0.1) is 6.10 Å². The molecule has 0 saturated heterocycles. The fourth-order valence-corrected chi connectivity index (χ4v) is 1.36. The van der Waals surface area contributed by atoms with Crippen LogP contribution in [0, 0.1) is 11.3 Å². The van der Waals surface area contributed by atoms with Crippen LogP contribution in [0.25, 0.3) is 0 Å². The van der Waals surface area contributed by atoms with Gasteiger partial charge in [0.2, 0.25) is 0 Å². The van der Waals surface area contributed by atoms with Crippen LogP contribution < -0.4 is 10.6 Å². The Morgan fingerprint density at radius 1 is 1.35 bits per heavy atom. The molecule has 0 aromatic heterocycles. The minimum absolute atomic E-state index is 0.0591. The van der Waals surface area contributed by atoms with Gasteiger partial charge in [0.1, 0.15) is 11.6 Å². The van der Waals surface area contributed by atoms with Crippen molar-refractivity contribution in [3.8, 4) is 6.07 Å². The maximum atomic E-state index is 11.6. The molecule has 1 unspecified atom stereocenters. The predicted molar refractivity (Wildman–Crippen MR) is 72.5 cm³/mol. The first-order chi connectivity index (χ1) is 9.47. The van der Waals surface area contributed by atoms with E-state index in [4.69, 9.17) is 15.5 Å². The van der Waals surface area contributed by atoms with Gasteiger partial charge in [-0.1, -0.05) is 6.42 Å². The van der Waals surface area contributed by atoms with E-state index in [9.17, 15) is 9.59 Å². The molecule has 0 radical (unpaired) electrons. The first-order valence-corrected chi connectivity index (χ1v) is 6.49. The number of hydrogen-bond acceptors (Lipinski definition) is 5. The second-order valence-electron chi connectivity index (χ2n) is 4.39. The van der Waals surface area contributed by atoms with E-state index in [1.165, 1.54) is 6.20 Å². The molecule has 4 N–H and O–H groups in total. The van der Waals surface area contributed by atoms with Crippen molar-refractivity contribution in [1.82, 2.24) is 10.6 Å². The Balaban J connectivity index is 3.87. The standard InChI is InChI=1S/C13H21N3O4/c1-10(17)8-15-9-11(7-14)13(20)16-6-4-2-3-5-12(18)19/h9-10,15,17H,2-6,8H2,1H3,(H,16,20)(H,18,19)/b11-9-. The van der Waals surface area contributed by atoms with Crippen LogP contribution in [0.5, 0.6) is 0 Å². The highest BCUT2D eigenvalue weighted by molar-refractivity contribution is 5.97. The van der Waals surface area contributed by atoms with Crippen molar-refractivity contribution < 1.29 is 19.8 Å². The number of carboxylic acid groups (broad SMARTS) is 1.